The number of nitro benzene ring substituents is 1. The maximum Gasteiger partial charge on any atom is 0.269 e. The summed E-state index contributed by atoms with van der Waals surface area (Å²) in [5.41, 5.74) is 5.62. The number of rotatable bonds is 9. The minimum absolute atomic E-state index is 0.0521. The van der Waals surface area contributed by atoms with E-state index in [-0.39, 0.29) is 28.5 Å². The van der Waals surface area contributed by atoms with Crippen LogP contribution in [0.5, 0.6) is 5.75 Å². The van der Waals surface area contributed by atoms with E-state index in [2.05, 4.69) is 48.2 Å². The molecule has 1 aliphatic carbocycles. The molecule has 43 heavy (non-hydrogen) atoms. The van der Waals surface area contributed by atoms with Crippen LogP contribution < -0.4 is 14.8 Å². The number of non-ortho nitro benzene ring substituents is 1. The number of benzene rings is 4. The van der Waals surface area contributed by atoms with Gasteiger partial charge in [-0.2, -0.15) is 0 Å². The van der Waals surface area contributed by atoms with Crippen molar-refractivity contribution < 1.29 is 18.1 Å². The molecular formula is C34H33N3O5S. The van der Waals surface area contributed by atoms with E-state index in [9.17, 15) is 18.5 Å². The van der Waals surface area contributed by atoms with Crippen molar-refractivity contribution in [2.24, 2.45) is 5.92 Å². The molecule has 4 aromatic carbocycles. The van der Waals surface area contributed by atoms with E-state index in [0.717, 1.165) is 34.4 Å². The van der Waals surface area contributed by atoms with Gasteiger partial charge in [0.1, 0.15) is 12.4 Å². The Morgan fingerprint density at radius 1 is 0.977 bits per heavy atom. The van der Waals surface area contributed by atoms with E-state index >= 15 is 0 Å². The van der Waals surface area contributed by atoms with E-state index in [1.54, 1.807) is 36.4 Å². The molecule has 2 aliphatic rings. The highest BCUT2D eigenvalue weighted by molar-refractivity contribution is 7.92. The third kappa shape index (κ3) is 5.99. The van der Waals surface area contributed by atoms with Gasteiger partial charge in [0.15, 0.2) is 0 Å². The SMILES string of the molecule is CC(C)c1ccc(NS(=O)(=O)c2ccc3c(c2)[C@H]2C=CC[C@H]2[C@@H](c2ccc(OCc4ccc([N+](=O)[O-])cc4)cc2)N3)cc1. The van der Waals surface area contributed by atoms with Crippen molar-refractivity contribution in [3.05, 3.63) is 136 Å². The first-order valence-electron chi connectivity index (χ1n) is 14.3. The number of nitrogens with zero attached hydrogens (tertiary/aromatic N) is 1. The van der Waals surface area contributed by atoms with Crippen LogP contribution in [0.15, 0.2) is 108 Å². The van der Waals surface area contributed by atoms with Crippen LogP contribution in [0.2, 0.25) is 0 Å². The van der Waals surface area contributed by atoms with Crippen LogP contribution in [-0.2, 0) is 16.6 Å². The zero-order valence-electron chi connectivity index (χ0n) is 23.9. The van der Waals surface area contributed by atoms with E-state index in [0.29, 0.717) is 24.0 Å². The van der Waals surface area contributed by atoms with Gasteiger partial charge in [0.2, 0.25) is 0 Å². The lowest BCUT2D eigenvalue weighted by molar-refractivity contribution is -0.384. The zero-order chi connectivity index (χ0) is 30.1. The second kappa shape index (κ2) is 11.6. The Labute approximate surface area is 251 Å². The smallest absolute Gasteiger partial charge is 0.269 e. The number of sulfonamides is 1. The summed E-state index contributed by atoms with van der Waals surface area (Å²) < 4.78 is 35.3. The molecule has 3 atom stereocenters. The number of nitro groups is 1. The molecule has 9 heteroatoms. The van der Waals surface area contributed by atoms with Crippen LogP contribution >= 0.6 is 0 Å². The summed E-state index contributed by atoms with van der Waals surface area (Å²) in [6.45, 7) is 4.52. The highest BCUT2D eigenvalue weighted by atomic mass is 32.2. The Balaban J connectivity index is 1.16. The molecule has 6 rings (SSSR count). The number of fused-ring (bicyclic) bond motifs is 3. The average Bonchev–Trinajstić information content (AvgIpc) is 3.50. The number of anilines is 2. The van der Waals surface area contributed by atoms with Gasteiger partial charge >= 0.3 is 0 Å². The van der Waals surface area contributed by atoms with Gasteiger partial charge in [0.25, 0.3) is 15.7 Å². The second-order valence-corrected chi connectivity index (χ2v) is 13.1. The molecule has 2 N–H and O–H groups in total. The molecule has 0 radical (unpaired) electrons. The summed E-state index contributed by atoms with van der Waals surface area (Å²) in [6.07, 6.45) is 5.25. The standard InChI is InChI=1S/C34H33N3O5S/c1-22(2)24-8-12-26(13-9-24)36-43(40,41)29-18-19-33-32(20-29)30-4-3-5-31(30)34(35-33)25-10-16-28(17-11-25)42-21-23-6-14-27(15-7-23)37(38)39/h3-4,6-20,22,30-31,34-36H,5,21H2,1-2H3/t30-,31+,34+/m0/s1. The third-order valence-electron chi connectivity index (χ3n) is 8.27. The van der Waals surface area contributed by atoms with Crippen molar-refractivity contribution in [3.8, 4) is 5.75 Å². The Morgan fingerprint density at radius 2 is 1.70 bits per heavy atom. The predicted octanol–water partition coefficient (Wildman–Crippen LogP) is 7.92. The molecule has 0 saturated heterocycles. The van der Waals surface area contributed by atoms with Gasteiger partial charge in [-0.15, -0.1) is 0 Å². The minimum atomic E-state index is -3.76. The highest BCUT2D eigenvalue weighted by Gasteiger charge is 2.38. The normalized spacial score (nSPS) is 18.9. The molecule has 1 aliphatic heterocycles. The molecule has 0 spiro atoms. The first kappa shape index (κ1) is 28.5. The van der Waals surface area contributed by atoms with Crippen molar-refractivity contribution in [3.63, 3.8) is 0 Å². The maximum absolute atomic E-state index is 13.3. The van der Waals surface area contributed by atoms with Crippen molar-refractivity contribution in [1.29, 1.82) is 0 Å². The van der Waals surface area contributed by atoms with Crippen molar-refractivity contribution in [2.75, 3.05) is 10.0 Å². The summed E-state index contributed by atoms with van der Waals surface area (Å²) in [5.74, 6) is 1.42. The number of ether oxygens (including phenoxy) is 1. The summed E-state index contributed by atoms with van der Waals surface area (Å²) >= 11 is 0. The Hall–Kier alpha value is -4.63. The van der Waals surface area contributed by atoms with Crippen LogP contribution in [0.1, 0.15) is 60.4 Å². The Kier molecular flexibility index (Phi) is 7.66. The van der Waals surface area contributed by atoms with Gasteiger partial charge < -0.3 is 10.1 Å². The number of hydrogen-bond acceptors (Lipinski definition) is 6. The quantitative estimate of drug-likeness (QED) is 0.116. The zero-order valence-corrected chi connectivity index (χ0v) is 24.8. The summed E-state index contributed by atoms with van der Waals surface area (Å²) in [5, 5.41) is 14.5. The van der Waals surface area contributed by atoms with Crippen LogP contribution in [0, 0.1) is 16.0 Å². The molecule has 0 aromatic heterocycles. The highest BCUT2D eigenvalue weighted by Crippen LogP contribution is 2.50. The number of nitrogens with one attached hydrogen (secondary N) is 2. The van der Waals surface area contributed by atoms with Crippen molar-refractivity contribution in [1.82, 2.24) is 0 Å². The fourth-order valence-electron chi connectivity index (χ4n) is 5.87. The molecule has 8 nitrogen and oxygen atoms in total. The molecule has 0 amide bonds. The van der Waals surface area contributed by atoms with E-state index in [1.807, 2.05) is 30.3 Å². The molecule has 220 valence electrons. The number of allylic oxidation sites excluding steroid dienone is 2. The topological polar surface area (TPSA) is 111 Å². The summed E-state index contributed by atoms with van der Waals surface area (Å²) in [4.78, 5) is 10.7. The van der Waals surface area contributed by atoms with Gasteiger partial charge in [0.05, 0.1) is 15.9 Å². The third-order valence-corrected chi connectivity index (χ3v) is 9.64. The molecule has 1 heterocycles. The Morgan fingerprint density at radius 3 is 2.37 bits per heavy atom. The monoisotopic (exact) mass is 595 g/mol. The maximum atomic E-state index is 13.3. The van der Waals surface area contributed by atoms with E-state index in [4.69, 9.17) is 4.74 Å². The van der Waals surface area contributed by atoms with Gasteiger partial charge in [-0.05, 0) is 95.1 Å². The van der Waals surface area contributed by atoms with E-state index in [1.165, 1.54) is 12.1 Å². The van der Waals surface area contributed by atoms with Gasteiger partial charge in [-0.3, -0.25) is 14.8 Å². The minimum Gasteiger partial charge on any atom is -0.489 e. The lowest BCUT2D eigenvalue weighted by Gasteiger charge is -2.37. The first-order chi connectivity index (χ1) is 20.7. The summed E-state index contributed by atoms with van der Waals surface area (Å²) in [7, 11) is -3.76. The predicted molar refractivity (Wildman–Crippen MR) is 168 cm³/mol. The van der Waals surface area contributed by atoms with Gasteiger partial charge in [-0.25, -0.2) is 8.42 Å². The van der Waals surface area contributed by atoms with Gasteiger partial charge in [0, 0.05) is 29.4 Å². The number of hydrogen-bond donors (Lipinski definition) is 2. The van der Waals surface area contributed by atoms with Crippen LogP contribution in [-0.4, -0.2) is 13.3 Å². The molecule has 0 fully saturated rings. The largest absolute Gasteiger partial charge is 0.489 e. The van der Waals surface area contributed by atoms with Crippen LogP contribution in [0.4, 0.5) is 17.1 Å². The van der Waals surface area contributed by atoms with Crippen LogP contribution in [0.25, 0.3) is 0 Å². The van der Waals surface area contributed by atoms with Crippen molar-refractivity contribution >= 4 is 27.1 Å². The fourth-order valence-corrected chi connectivity index (χ4v) is 6.97. The first-order valence-corrected chi connectivity index (χ1v) is 15.8. The average molecular weight is 596 g/mol. The molecule has 0 saturated carbocycles. The lowest BCUT2D eigenvalue weighted by Crippen LogP contribution is -2.29. The molecular weight excluding hydrogens is 562 g/mol. The molecule has 4 aromatic rings. The fraction of sp³-hybridized carbons (Fsp3) is 0.235. The molecule has 0 unspecified atom stereocenters. The van der Waals surface area contributed by atoms with Crippen LogP contribution in [0.3, 0.4) is 0 Å². The summed E-state index contributed by atoms with van der Waals surface area (Å²) in [6, 6.07) is 27.2. The second-order valence-electron chi connectivity index (χ2n) is 11.4. The van der Waals surface area contributed by atoms with Gasteiger partial charge in [-0.1, -0.05) is 50.3 Å². The molecule has 0 bridgehead atoms. The lowest BCUT2D eigenvalue weighted by atomic mass is 9.77. The van der Waals surface area contributed by atoms with Crippen molar-refractivity contribution in [2.45, 2.75) is 49.6 Å². The Bertz CT molecular complexity index is 1770. The van der Waals surface area contributed by atoms with E-state index < -0.39 is 14.9 Å².